The molecule has 1 fully saturated rings. The zero-order valence-electron chi connectivity index (χ0n) is 19.2. The van der Waals surface area contributed by atoms with E-state index in [4.69, 9.17) is 9.72 Å². The van der Waals surface area contributed by atoms with Crippen LogP contribution >= 0.6 is 11.3 Å². The van der Waals surface area contributed by atoms with E-state index in [1.165, 1.54) is 16.9 Å². The molecule has 164 valence electrons. The summed E-state index contributed by atoms with van der Waals surface area (Å²) in [5, 5.41) is 0.855. The number of hydrogen-bond acceptors (Lipinski definition) is 5. The summed E-state index contributed by atoms with van der Waals surface area (Å²) in [7, 11) is 1.68. The topological polar surface area (TPSA) is 45.7 Å². The van der Waals surface area contributed by atoms with E-state index in [2.05, 4.69) is 44.7 Å². The van der Waals surface area contributed by atoms with E-state index in [-0.39, 0.29) is 5.91 Å². The van der Waals surface area contributed by atoms with Gasteiger partial charge in [0.1, 0.15) is 15.6 Å². The molecule has 1 saturated heterocycles. The van der Waals surface area contributed by atoms with E-state index in [1.807, 2.05) is 17.9 Å². The van der Waals surface area contributed by atoms with E-state index in [1.54, 1.807) is 7.11 Å². The van der Waals surface area contributed by atoms with Crippen molar-refractivity contribution in [1.82, 2.24) is 14.8 Å². The van der Waals surface area contributed by atoms with Crippen molar-refractivity contribution in [1.29, 1.82) is 0 Å². The highest BCUT2D eigenvalue weighted by molar-refractivity contribution is 7.17. The Morgan fingerprint density at radius 3 is 2.50 bits per heavy atom. The monoisotopic (exact) mass is 429 g/mol. The molecule has 5 nitrogen and oxygen atoms in total. The van der Waals surface area contributed by atoms with Crippen LogP contribution < -0.4 is 4.74 Å². The molecule has 1 amide bonds. The number of benzene rings is 1. The zero-order chi connectivity index (χ0) is 21.8. The van der Waals surface area contributed by atoms with Crippen molar-refractivity contribution >= 4 is 17.2 Å². The molecule has 1 aliphatic heterocycles. The van der Waals surface area contributed by atoms with Crippen molar-refractivity contribution in [2.75, 3.05) is 33.3 Å². The average Bonchev–Trinajstić information content (AvgIpc) is 3.15. The second-order valence-electron chi connectivity index (χ2n) is 8.29. The van der Waals surface area contributed by atoms with Crippen molar-refractivity contribution in [3.8, 4) is 16.3 Å². The number of hydrogen-bond donors (Lipinski definition) is 0. The number of nitrogens with zero attached hydrogens (tertiary/aromatic N) is 3. The number of carbonyl (C=O) groups excluding carboxylic acids is 1. The van der Waals surface area contributed by atoms with Crippen LogP contribution in [0.2, 0.25) is 0 Å². The molecule has 2 aromatic rings. The standard InChI is InChI=1S/C24H35N3O2S/c1-7-26(8-2)19-11-13-27(14-12-19)24(28)22-17(5)25-23(30-22)20-15-18(16(3)4)9-10-21(20)29-6/h9-10,15-16,19H,7-8,11-14H2,1-6H3. The Morgan fingerprint density at radius 2 is 1.93 bits per heavy atom. The molecule has 0 unspecified atom stereocenters. The minimum absolute atomic E-state index is 0.119. The summed E-state index contributed by atoms with van der Waals surface area (Å²) in [4.78, 5) is 23.3. The molecule has 0 spiro atoms. The molecule has 3 rings (SSSR count). The third-order valence-electron chi connectivity index (χ3n) is 6.19. The molecule has 6 heteroatoms. The van der Waals surface area contributed by atoms with Gasteiger partial charge in [-0.1, -0.05) is 33.8 Å². The molecule has 1 aliphatic rings. The first-order valence-corrected chi connectivity index (χ1v) is 11.9. The van der Waals surface area contributed by atoms with Gasteiger partial charge in [-0.2, -0.15) is 0 Å². The third-order valence-corrected chi connectivity index (χ3v) is 7.37. The minimum Gasteiger partial charge on any atom is -0.496 e. The summed E-state index contributed by atoms with van der Waals surface area (Å²) in [6.45, 7) is 14.5. The van der Waals surface area contributed by atoms with Crippen LogP contribution in [0.25, 0.3) is 10.6 Å². The van der Waals surface area contributed by atoms with Crippen LogP contribution in [-0.2, 0) is 0 Å². The molecule has 0 N–H and O–H groups in total. The second kappa shape index (κ2) is 9.92. The number of aromatic nitrogens is 1. The van der Waals surface area contributed by atoms with Gasteiger partial charge in [0.2, 0.25) is 0 Å². The molecule has 30 heavy (non-hydrogen) atoms. The van der Waals surface area contributed by atoms with Crippen LogP contribution in [0.15, 0.2) is 18.2 Å². The summed E-state index contributed by atoms with van der Waals surface area (Å²) in [6.07, 6.45) is 2.09. The number of carbonyl (C=O) groups is 1. The van der Waals surface area contributed by atoms with Gasteiger partial charge in [0, 0.05) is 19.1 Å². The van der Waals surface area contributed by atoms with Gasteiger partial charge >= 0.3 is 0 Å². The summed E-state index contributed by atoms with van der Waals surface area (Å²) >= 11 is 1.49. The predicted molar refractivity (Wildman–Crippen MR) is 125 cm³/mol. The molecule has 0 radical (unpaired) electrons. The number of aryl methyl sites for hydroxylation is 1. The molecule has 1 aromatic carbocycles. The average molecular weight is 430 g/mol. The van der Waals surface area contributed by atoms with Crippen molar-refractivity contribution in [3.05, 3.63) is 34.3 Å². The number of thiazole rings is 1. The van der Waals surface area contributed by atoms with Crippen molar-refractivity contribution in [2.45, 2.75) is 59.4 Å². The quantitative estimate of drug-likeness (QED) is 0.607. The van der Waals surface area contributed by atoms with Crippen molar-refractivity contribution < 1.29 is 9.53 Å². The van der Waals surface area contributed by atoms with E-state index in [9.17, 15) is 4.79 Å². The van der Waals surface area contributed by atoms with Crippen LogP contribution in [-0.4, -0.2) is 60.0 Å². The van der Waals surface area contributed by atoms with Gasteiger partial charge in [-0.05, 0) is 56.5 Å². The first kappa shape index (κ1) is 22.8. The molecule has 2 heterocycles. The smallest absolute Gasteiger partial charge is 0.265 e. The maximum atomic E-state index is 13.3. The molecular weight excluding hydrogens is 394 g/mol. The van der Waals surface area contributed by atoms with E-state index in [0.29, 0.717) is 12.0 Å². The fraction of sp³-hybridized carbons (Fsp3) is 0.583. The highest BCUT2D eigenvalue weighted by Crippen LogP contribution is 2.37. The van der Waals surface area contributed by atoms with Gasteiger partial charge in [0.25, 0.3) is 5.91 Å². The summed E-state index contributed by atoms with van der Waals surface area (Å²) in [6, 6.07) is 6.83. The number of amides is 1. The second-order valence-corrected chi connectivity index (χ2v) is 9.29. The maximum Gasteiger partial charge on any atom is 0.265 e. The lowest BCUT2D eigenvalue weighted by Crippen LogP contribution is -2.46. The SMILES string of the molecule is CCN(CC)C1CCN(C(=O)c2sc(-c3cc(C(C)C)ccc3OC)nc2C)CC1. The van der Waals surface area contributed by atoms with Crippen LogP contribution in [0, 0.1) is 6.92 Å². The first-order chi connectivity index (χ1) is 14.4. The normalized spacial score (nSPS) is 15.3. The molecule has 0 saturated carbocycles. The van der Waals surface area contributed by atoms with E-state index >= 15 is 0 Å². The van der Waals surface area contributed by atoms with E-state index < -0.39 is 0 Å². The van der Waals surface area contributed by atoms with Gasteiger partial charge in [0.15, 0.2) is 0 Å². The molecule has 1 aromatic heterocycles. The number of methoxy groups -OCH3 is 1. The maximum absolute atomic E-state index is 13.3. The van der Waals surface area contributed by atoms with Crippen molar-refractivity contribution in [3.63, 3.8) is 0 Å². The van der Waals surface area contributed by atoms with E-state index in [0.717, 1.165) is 65.9 Å². The highest BCUT2D eigenvalue weighted by Gasteiger charge is 2.28. The summed E-state index contributed by atoms with van der Waals surface area (Å²) in [5.74, 6) is 1.34. The first-order valence-electron chi connectivity index (χ1n) is 11.1. The molecule has 0 aliphatic carbocycles. The lowest BCUT2D eigenvalue weighted by molar-refractivity contribution is 0.0635. The van der Waals surface area contributed by atoms with Gasteiger partial charge in [-0.3, -0.25) is 4.79 Å². The molecule has 0 atom stereocenters. The van der Waals surface area contributed by atoms with Crippen LogP contribution in [0.1, 0.15) is 67.4 Å². The van der Waals surface area contributed by atoms with Gasteiger partial charge in [-0.15, -0.1) is 11.3 Å². The number of piperidine rings is 1. The Kier molecular flexibility index (Phi) is 7.53. The predicted octanol–water partition coefficient (Wildman–Crippen LogP) is 5.20. The summed E-state index contributed by atoms with van der Waals surface area (Å²) < 4.78 is 5.58. The lowest BCUT2D eigenvalue weighted by atomic mass is 10.0. The van der Waals surface area contributed by atoms with Gasteiger partial charge in [0.05, 0.1) is 18.4 Å². The van der Waals surface area contributed by atoms with Crippen LogP contribution in [0.5, 0.6) is 5.75 Å². The van der Waals surface area contributed by atoms with Crippen LogP contribution in [0.4, 0.5) is 0 Å². The Labute approximate surface area is 185 Å². The fourth-order valence-corrected chi connectivity index (χ4v) is 5.33. The Balaban J connectivity index is 1.80. The largest absolute Gasteiger partial charge is 0.496 e. The lowest BCUT2D eigenvalue weighted by Gasteiger charge is -2.37. The van der Waals surface area contributed by atoms with Gasteiger partial charge in [-0.25, -0.2) is 4.98 Å². The fourth-order valence-electron chi connectivity index (χ4n) is 4.28. The van der Waals surface area contributed by atoms with Crippen molar-refractivity contribution in [2.24, 2.45) is 0 Å². The summed E-state index contributed by atoms with van der Waals surface area (Å²) in [5.41, 5.74) is 3.02. The zero-order valence-corrected chi connectivity index (χ0v) is 20.0. The Hall–Kier alpha value is -1.92. The third kappa shape index (κ3) is 4.70. The Morgan fingerprint density at radius 1 is 1.27 bits per heavy atom. The number of rotatable bonds is 7. The Bertz CT molecular complexity index is 865. The number of likely N-dealkylation sites (tertiary alicyclic amines) is 1. The minimum atomic E-state index is 0.119. The highest BCUT2D eigenvalue weighted by atomic mass is 32.1. The number of ether oxygens (including phenoxy) is 1. The van der Waals surface area contributed by atoms with Crippen LogP contribution in [0.3, 0.4) is 0 Å². The van der Waals surface area contributed by atoms with Gasteiger partial charge < -0.3 is 14.5 Å². The molecular formula is C24H35N3O2S. The molecule has 0 bridgehead atoms.